The number of ether oxygens (including phenoxy) is 3. The van der Waals surface area contributed by atoms with Crippen LogP contribution in [0.15, 0.2) is 97.2 Å². The van der Waals surface area contributed by atoms with Crippen LogP contribution in [-0.2, 0) is 23.8 Å². The van der Waals surface area contributed by atoms with Crippen LogP contribution in [0.3, 0.4) is 0 Å². The first kappa shape index (κ1) is 68.6. The summed E-state index contributed by atoms with van der Waals surface area (Å²) in [5.74, 6) is -1.24. The van der Waals surface area contributed by atoms with E-state index in [1.807, 2.05) is 42.5 Å². The molecule has 1 aliphatic rings. The quantitative estimate of drug-likeness (QED) is 0.0149. The Morgan fingerprint density at radius 1 is 0.554 bits per heavy atom. The Kier molecular flexibility index (Phi) is 46.7. The van der Waals surface area contributed by atoms with Crippen molar-refractivity contribution in [2.24, 2.45) is 0 Å². The van der Waals surface area contributed by atoms with Crippen molar-refractivity contribution >= 4 is 11.9 Å². The average Bonchev–Trinajstić information content (AvgIpc) is 3.40. The van der Waals surface area contributed by atoms with Gasteiger partial charge in [-0.15, -0.1) is 0 Å². The van der Waals surface area contributed by atoms with Gasteiger partial charge in [-0.3, -0.25) is 9.59 Å². The standard InChI is InChI=1S/C63H107NO10/c1-4-7-10-13-16-19-22-25-27-28-29-30-31-33-36-39-42-45-48-51-58(68)74-61-60(70)59(69)57(52-65)73-63(61)72-53-54(55(66)49-46-43-40-37-34-24-21-18-15-12-9-6-3)64-62(71)56(67)50-47-44-41-38-35-32-26-23-20-17-14-11-8-5-2/h8,11,14,16-17,19-20,23,25-27,29-30,32,46,49,54-57,59-61,63,65-67,69-70H,4-7,9-10,12-13,15,18,21-22,24,28,31,33-45,47-48,50-53H2,1-3H3,(H,64,71)/b11-8+,17-14+,19-16-,23-20+,27-25-,30-29-,32-26-,49-46+. The van der Waals surface area contributed by atoms with Gasteiger partial charge < -0.3 is 45.1 Å². The van der Waals surface area contributed by atoms with Gasteiger partial charge in [0.2, 0.25) is 5.91 Å². The Morgan fingerprint density at radius 2 is 1.03 bits per heavy atom. The lowest BCUT2D eigenvalue weighted by atomic mass is 9.99. The monoisotopic (exact) mass is 1040 g/mol. The van der Waals surface area contributed by atoms with Crippen molar-refractivity contribution < 1.29 is 49.3 Å². The molecular formula is C63H107NO10. The Hall–Kier alpha value is -3.42. The maximum Gasteiger partial charge on any atom is 0.306 e. The van der Waals surface area contributed by atoms with Gasteiger partial charge in [0.1, 0.15) is 24.4 Å². The van der Waals surface area contributed by atoms with Crippen molar-refractivity contribution in [3.05, 3.63) is 97.2 Å². The molecule has 74 heavy (non-hydrogen) atoms. The molecule has 1 fully saturated rings. The van der Waals surface area contributed by atoms with E-state index in [-0.39, 0.29) is 19.4 Å². The molecule has 0 aliphatic carbocycles. The lowest BCUT2D eigenvalue weighted by Gasteiger charge is -2.41. The number of hydrogen-bond donors (Lipinski definition) is 6. The van der Waals surface area contributed by atoms with Crippen LogP contribution in [0.25, 0.3) is 0 Å². The number of esters is 1. The molecule has 0 saturated carbocycles. The van der Waals surface area contributed by atoms with Gasteiger partial charge in [0.05, 0.1) is 25.4 Å². The Bertz CT molecular complexity index is 1570. The number of allylic oxidation sites excluding steroid dienone is 15. The van der Waals surface area contributed by atoms with Crippen molar-refractivity contribution in [1.82, 2.24) is 5.32 Å². The molecule has 8 atom stereocenters. The molecule has 424 valence electrons. The van der Waals surface area contributed by atoms with E-state index >= 15 is 0 Å². The third-order valence-corrected chi connectivity index (χ3v) is 13.3. The molecule has 8 unspecified atom stereocenters. The summed E-state index contributed by atoms with van der Waals surface area (Å²) < 4.78 is 17.6. The van der Waals surface area contributed by atoms with Crippen LogP contribution in [0.4, 0.5) is 0 Å². The first-order valence-corrected chi connectivity index (χ1v) is 29.6. The van der Waals surface area contributed by atoms with Crippen LogP contribution >= 0.6 is 0 Å². The highest BCUT2D eigenvalue weighted by atomic mass is 16.7. The minimum atomic E-state index is -1.63. The molecule has 0 aromatic carbocycles. The second-order valence-corrected chi connectivity index (χ2v) is 20.1. The molecule has 0 aromatic heterocycles. The number of aliphatic hydroxyl groups excluding tert-OH is 5. The van der Waals surface area contributed by atoms with E-state index in [9.17, 15) is 35.1 Å². The molecule has 11 nitrogen and oxygen atoms in total. The molecular weight excluding hydrogens is 931 g/mol. The molecule has 1 aliphatic heterocycles. The second kappa shape index (κ2) is 50.4. The highest BCUT2D eigenvalue weighted by Crippen LogP contribution is 2.26. The van der Waals surface area contributed by atoms with Gasteiger partial charge in [-0.05, 0) is 83.5 Å². The number of carbonyl (C=O) groups is 2. The molecule has 1 rings (SSSR count). The van der Waals surface area contributed by atoms with E-state index in [1.165, 1.54) is 70.6 Å². The van der Waals surface area contributed by atoms with Crippen LogP contribution in [0.2, 0.25) is 0 Å². The topological polar surface area (TPSA) is 175 Å². The summed E-state index contributed by atoms with van der Waals surface area (Å²) in [5, 5.41) is 56.8. The van der Waals surface area contributed by atoms with Crippen LogP contribution in [0.5, 0.6) is 0 Å². The maximum absolute atomic E-state index is 13.4. The molecule has 11 heteroatoms. The van der Waals surface area contributed by atoms with E-state index in [0.29, 0.717) is 12.8 Å². The fourth-order valence-corrected chi connectivity index (χ4v) is 8.61. The van der Waals surface area contributed by atoms with Gasteiger partial charge in [-0.25, -0.2) is 0 Å². The van der Waals surface area contributed by atoms with Crippen molar-refractivity contribution in [2.45, 2.75) is 275 Å². The smallest absolute Gasteiger partial charge is 0.306 e. The SMILES string of the molecule is CC/C=C/C=C/C=C/C=C\CCCCCCC(O)C(=O)NC(COC1OC(CO)C(O)C(O)C1OC(=O)CCCCCCCC/C=C\C/C=C\C/C=C\CCCCC)C(O)/C=C/CCCCCCCCCCCC. The number of rotatable bonds is 48. The summed E-state index contributed by atoms with van der Waals surface area (Å²) in [6.45, 7) is 5.58. The van der Waals surface area contributed by atoms with Crippen molar-refractivity contribution in [2.75, 3.05) is 13.2 Å². The van der Waals surface area contributed by atoms with Crippen LogP contribution in [-0.4, -0.2) is 99.6 Å². The zero-order valence-electron chi connectivity index (χ0n) is 46.7. The largest absolute Gasteiger partial charge is 0.454 e. The van der Waals surface area contributed by atoms with E-state index in [1.54, 1.807) is 6.08 Å². The molecule has 0 bridgehead atoms. The molecule has 0 radical (unpaired) electrons. The molecule has 1 amide bonds. The minimum absolute atomic E-state index is 0.101. The molecule has 6 N–H and O–H groups in total. The predicted molar refractivity (Wildman–Crippen MR) is 305 cm³/mol. The highest BCUT2D eigenvalue weighted by Gasteiger charge is 2.47. The molecule has 1 saturated heterocycles. The fraction of sp³-hybridized carbons (Fsp3) is 0.714. The van der Waals surface area contributed by atoms with Gasteiger partial charge in [-0.1, -0.05) is 234 Å². The van der Waals surface area contributed by atoms with Crippen LogP contribution in [0, 0.1) is 0 Å². The van der Waals surface area contributed by atoms with Crippen molar-refractivity contribution in [1.29, 1.82) is 0 Å². The Morgan fingerprint density at radius 3 is 1.61 bits per heavy atom. The third kappa shape index (κ3) is 38.2. The second-order valence-electron chi connectivity index (χ2n) is 20.1. The maximum atomic E-state index is 13.4. The Balaban J connectivity index is 2.73. The van der Waals surface area contributed by atoms with Crippen molar-refractivity contribution in [3.63, 3.8) is 0 Å². The zero-order valence-corrected chi connectivity index (χ0v) is 46.7. The highest BCUT2D eigenvalue weighted by molar-refractivity contribution is 5.80. The number of aliphatic hydroxyl groups is 5. The molecule has 0 spiro atoms. The number of unbranched alkanes of at least 4 members (excludes halogenated alkanes) is 23. The van der Waals surface area contributed by atoms with Gasteiger partial charge in [0.25, 0.3) is 0 Å². The average molecular weight is 1040 g/mol. The van der Waals surface area contributed by atoms with E-state index < -0.39 is 67.4 Å². The Labute approximate surface area is 450 Å². The summed E-state index contributed by atoms with van der Waals surface area (Å²) in [5.41, 5.74) is 0. The van der Waals surface area contributed by atoms with E-state index in [4.69, 9.17) is 14.2 Å². The molecule has 0 aromatic rings. The van der Waals surface area contributed by atoms with Gasteiger partial charge >= 0.3 is 5.97 Å². The summed E-state index contributed by atoms with van der Waals surface area (Å²) >= 11 is 0. The van der Waals surface area contributed by atoms with Crippen LogP contribution in [0.1, 0.15) is 226 Å². The fourth-order valence-electron chi connectivity index (χ4n) is 8.61. The summed E-state index contributed by atoms with van der Waals surface area (Å²) in [4.78, 5) is 26.5. The van der Waals surface area contributed by atoms with Gasteiger partial charge in [-0.2, -0.15) is 0 Å². The van der Waals surface area contributed by atoms with E-state index in [0.717, 1.165) is 109 Å². The third-order valence-electron chi connectivity index (χ3n) is 13.3. The lowest BCUT2D eigenvalue weighted by Crippen LogP contribution is -2.61. The summed E-state index contributed by atoms with van der Waals surface area (Å²) in [6, 6.07) is -1.04. The summed E-state index contributed by atoms with van der Waals surface area (Å²) in [7, 11) is 0. The van der Waals surface area contributed by atoms with Crippen LogP contribution < -0.4 is 5.32 Å². The first-order chi connectivity index (χ1) is 36.2. The number of nitrogens with one attached hydrogen (secondary N) is 1. The van der Waals surface area contributed by atoms with Gasteiger partial charge in [0.15, 0.2) is 12.4 Å². The molecule has 1 heterocycles. The number of amides is 1. The summed E-state index contributed by atoms with van der Waals surface area (Å²) in [6.07, 6.45) is 55.8. The van der Waals surface area contributed by atoms with Crippen molar-refractivity contribution in [3.8, 4) is 0 Å². The first-order valence-electron chi connectivity index (χ1n) is 29.6. The minimum Gasteiger partial charge on any atom is -0.454 e. The zero-order chi connectivity index (χ0) is 54.0. The number of carbonyl (C=O) groups excluding carboxylic acids is 2. The van der Waals surface area contributed by atoms with Gasteiger partial charge in [0, 0.05) is 6.42 Å². The normalized spacial score (nSPS) is 20.0. The number of hydrogen-bond acceptors (Lipinski definition) is 10. The lowest BCUT2D eigenvalue weighted by molar-refractivity contribution is -0.305. The predicted octanol–water partition coefficient (Wildman–Crippen LogP) is 13.6. The van der Waals surface area contributed by atoms with E-state index in [2.05, 4.69) is 74.7 Å².